The van der Waals surface area contributed by atoms with E-state index in [4.69, 9.17) is 11.6 Å². The number of hydrogen-bond donors (Lipinski definition) is 1. The zero-order valence-electron chi connectivity index (χ0n) is 8.90. The number of H-pyrrole nitrogens is 1. The molecule has 1 N–H and O–H groups in total. The second-order valence-corrected chi connectivity index (χ2v) is 3.96. The third kappa shape index (κ3) is 1.59. The molecule has 0 amide bonds. The van der Waals surface area contributed by atoms with Crippen molar-refractivity contribution in [3.63, 3.8) is 0 Å². The molecular weight excluding hydrogens is 231 g/mol. The molecule has 0 aliphatic carbocycles. The summed E-state index contributed by atoms with van der Waals surface area (Å²) in [6.45, 7) is 3.42. The Labute approximate surface area is 96.3 Å². The first kappa shape index (κ1) is 11.1. The zero-order chi connectivity index (χ0) is 11.9. The van der Waals surface area contributed by atoms with Gasteiger partial charge in [0.05, 0.1) is 5.52 Å². The lowest BCUT2D eigenvalue weighted by Crippen LogP contribution is -2.12. The van der Waals surface area contributed by atoms with Gasteiger partial charge in [-0.1, -0.05) is 18.5 Å². The quantitative estimate of drug-likeness (QED) is 0.833. The van der Waals surface area contributed by atoms with Crippen molar-refractivity contribution in [1.29, 1.82) is 0 Å². The van der Waals surface area contributed by atoms with Crippen LogP contribution in [0.2, 0.25) is 5.02 Å². The fraction of sp³-hybridized carbons (Fsp3) is 0.273. The van der Waals surface area contributed by atoms with Crippen molar-refractivity contribution in [2.24, 2.45) is 0 Å². The third-order valence-corrected chi connectivity index (χ3v) is 2.79. The smallest absolute Gasteiger partial charge is 0.261 e. The number of rotatable bonds is 1. The van der Waals surface area contributed by atoms with Crippen LogP contribution in [0, 0.1) is 12.7 Å². The van der Waals surface area contributed by atoms with E-state index >= 15 is 0 Å². The van der Waals surface area contributed by atoms with E-state index in [1.807, 2.05) is 0 Å². The Bertz CT molecular complexity index is 621. The number of nitrogens with zero attached hydrogens (tertiary/aromatic N) is 1. The summed E-state index contributed by atoms with van der Waals surface area (Å²) in [5.41, 5.74) is 0.178. The molecule has 0 bridgehead atoms. The van der Waals surface area contributed by atoms with E-state index in [0.717, 1.165) is 0 Å². The van der Waals surface area contributed by atoms with E-state index in [9.17, 15) is 9.18 Å². The summed E-state index contributed by atoms with van der Waals surface area (Å²) < 4.78 is 14.0. The number of fused-ring (bicyclic) bond motifs is 1. The van der Waals surface area contributed by atoms with Crippen LogP contribution in [-0.4, -0.2) is 9.97 Å². The van der Waals surface area contributed by atoms with Gasteiger partial charge in [0.15, 0.2) is 0 Å². The number of hydrogen-bond acceptors (Lipinski definition) is 2. The molecule has 0 saturated heterocycles. The largest absolute Gasteiger partial charge is 0.310 e. The molecule has 0 fully saturated rings. The van der Waals surface area contributed by atoms with Crippen LogP contribution >= 0.6 is 11.6 Å². The summed E-state index contributed by atoms with van der Waals surface area (Å²) in [4.78, 5) is 18.1. The molecule has 3 nitrogen and oxygen atoms in total. The van der Waals surface area contributed by atoms with E-state index in [1.165, 1.54) is 6.07 Å². The van der Waals surface area contributed by atoms with Gasteiger partial charge in [-0.3, -0.25) is 4.79 Å². The van der Waals surface area contributed by atoms with Gasteiger partial charge in [0, 0.05) is 10.6 Å². The molecule has 0 atom stereocenters. The van der Waals surface area contributed by atoms with Gasteiger partial charge < -0.3 is 4.98 Å². The zero-order valence-corrected chi connectivity index (χ0v) is 9.65. The van der Waals surface area contributed by atoms with Gasteiger partial charge in [-0.2, -0.15) is 0 Å². The van der Waals surface area contributed by atoms with Crippen LogP contribution in [0.4, 0.5) is 4.39 Å². The molecule has 0 aliphatic rings. The third-order valence-electron chi connectivity index (χ3n) is 2.46. The van der Waals surface area contributed by atoms with Gasteiger partial charge in [-0.25, -0.2) is 9.37 Å². The lowest BCUT2D eigenvalue weighted by Gasteiger charge is -2.06. The van der Waals surface area contributed by atoms with Crippen molar-refractivity contribution < 1.29 is 4.39 Å². The van der Waals surface area contributed by atoms with E-state index in [-0.39, 0.29) is 5.39 Å². The highest BCUT2D eigenvalue weighted by atomic mass is 35.5. The molecule has 16 heavy (non-hydrogen) atoms. The molecule has 84 valence electrons. The summed E-state index contributed by atoms with van der Waals surface area (Å²) in [6, 6.07) is 1.53. The van der Waals surface area contributed by atoms with Crippen molar-refractivity contribution in [3.8, 4) is 0 Å². The van der Waals surface area contributed by atoms with Gasteiger partial charge in [0.25, 0.3) is 5.56 Å². The molecule has 5 heteroatoms. The molecule has 2 rings (SSSR count). The first-order valence-corrected chi connectivity index (χ1v) is 5.30. The van der Waals surface area contributed by atoms with Crippen molar-refractivity contribution in [3.05, 3.63) is 38.6 Å². The van der Waals surface area contributed by atoms with Crippen LogP contribution < -0.4 is 5.56 Å². The van der Waals surface area contributed by atoms with Crippen molar-refractivity contribution in [2.45, 2.75) is 20.3 Å². The second-order valence-electron chi connectivity index (χ2n) is 3.55. The molecule has 0 unspecified atom stereocenters. The molecule has 0 saturated carbocycles. The number of aromatic amines is 1. The lowest BCUT2D eigenvalue weighted by molar-refractivity contribution is 0.622. The Morgan fingerprint density at radius 2 is 2.25 bits per heavy atom. The fourth-order valence-electron chi connectivity index (χ4n) is 1.71. The molecule has 1 aromatic heterocycles. The highest BCUT2D eigenvalue weighted by molar-refractivity contribution is 6.32. The van der Waals surface area contributed by atoms with Crippen LogP contribution in [0.15, 0.2) is 10.9 Å². The summed E-state index contributed by atoms with van der Waals surface area (Å²) in [6.07, 6.45) is 0.438. The Hall–Kier alpha value is -1.42. The topological polar surface area (TPSA) is 45.8 Å². The summed E-state index contributed by atoms with van der Waals surface area (Å²) in [7, 11) is 0. The van der Waals surface area contributed by atoms with Crippen LogP contribution in [0.1, 0.15) is 18.3 Å². The van der Waals surface area contributed by atoms with E-state index in [2.05, 4.69) is 9.97 Å². The molecule has 0 aliphatic heterocycles. The van der Waals surface area contributed by atoms with E-state index < -0.39 is 11.4 Å². The number of aromatic nitrogens is 2. The SMILES string of the molecule is CCc1c(Cl)cc2nc(C)[nH]c(=O)c2c1F. The molecule has 1 aromatic carbocycles. The summed E-state index contributed by atoms with van der Waals surface area (Å²) >= 11 is 5.92. The minimum atomic E-state index is -0.571. The standard InChI is InChI=1S/C11H10ClFN2O/c1-3-6-7(12)4-8-9(10(6)13)11(16)15-5(2)14-8/h4H,3H2,1-2H3,(H,14,15,16). The number of halogens is 2. The highest BCUT2D eigenvalue weighted by Gasteiger charge is 2.14. The normalized spacial score (nSPS) is 11.0. The molecule has 1 heterocycles. The van der Waals surface area contributed by atoms with Gasteiger partial charge in [0.2, 0.25) is 0 Å². The van der Waals surface area contributed by atoms with Crippen molar-refractivity contribution in [1.82, 2.24) is 9.97 Å². The monoisotopic (exact) mass is 240 g/mol. The maximum absolute atomic E-state index is 14.0. The van der Waals surface area contributed by atoms with Gasteiger partial charge in [-0.05, 0) is 19.4 Å². The Balaban J connectivity index is 2.99. The maximum atomic E-state index is 14.0. The van der Waals surface area contributed by atoms with Crippen LogP contribution in [-0.2, 0) is 6.42 Å². The molecule has 0 spiro atoms. The van der Waals surface area contributed by atoms with Crippen molar-refractivity contribution in [2.75, 3.05) is 0 Å². The second kappa shape index (κ2) is 3.87. The van der Waals surface area contributed by atoms with Crippen LogP contribution in [0.25, 0.3) is 10.9 Å². The van der Waals surface area contributed by atoms with Crippen molar-refractivity contribution >= 4 is 22.5 Å². The Morgan fingerprint density at radius 1 is 1.56 bits per heavy atom. The van der Waals surface area contributed by atoms with Crippen LogP contribution in [0.3, 0.4) is 0 Å². The maximum Gasteiger partial charge on any atom is 0.261 e. The molecular formula is C11H10ClFN2O. The Kier molecular flexibility index (Phi) is 2.68. The highest BCUT2D eigenvalue weighted by Crippen LogP contribution is 2.25. The first-order valence-electron chi connectivity index (χ1n) is 4.92. The predicted molar refractivity (Wildman–Crippen MR) is 61.4 cm³/mol. The summed E-state index contributed by atoms with van der Waals surface area (Å²) in [5.74, 6) is -0.129. The number of benzene rings is 1. The van der Waals surface area contributed by atoms with Gasteiger partial charge >= 0.3 is 0 Å². The molecule has 0 radical (unpaired) electrons. The van der Waals surface area contributed by atoms with E-state index in [1.54, 1.807) is 13.8 Å². The Morgan fingerprint density at radius 3 is 2.88 bits per heavy atom. The average Bonchev–Trinajstić information content (AvgIpc) is 2.15. The lowest BCUT2D eigenvalue weighted by atomic mass is 10.1. The van der Waals surface area contributed by atoms with Gasteiger partial charge in [-0.15, -0.1) is 0 Å². The number of nitrogens with one attached hydrogen (secondary N) is 1. The predicted octanol–water partition coefficient (Wildman–Crippen LogP) is 2.59. The minimum Gasteiger partial charge on any atom is -0.310 e. The number of aryl methyl sites for hydroxylation is 1. The first-order chi connectivity index (χ1) is 7.54. The average molecular weight is 241 g/mol. The minimum absolute atomic E-state index is 0.0214. The fourth-order valence-corrected chi connectivity index (χ4v) is 2.03. The van der Waals surface area contributed by atoms with E-state index in [0.29, 0.717) is 28.3 Å². The van der Waals surface area contributed by atoms with Gasteiger partial charge in [0.1, 0.15) is 17.0 Å². The molecule has 2 aromatic rings. The summed E-state index contributed by atoms with van der Waals surface area (Å²) in [5, 5.41) is 0.289. The van der Waals surface area contributed by atoms with Crippen LogP contribution in [0.5, 0.6) is 0 Å².